The van der Waals surface area contributed by atoms with Crippen molar-refractivity contribution in [3.8, 4) is 6.07 Å². The Balaban J connectivity index is 1.84. The van der Waals surface area contributed by atoms with Gasteiger partial charge in [0, 0.05) is 24.0 Å². The Morgan fingerprint density at radius 3 is 2.16 bits per heavy atom. The molecule has 4 N–H and O–H groups in total. The smallest absolute Gasteiger partial charge is 0.384 e. The number of rotatable bonds is 8. The molecule has 0 radical (unpaired) electrons. The Morgan fingerprint density at radius 2 is 1.55 bits per heavy atom. The number of carbonyl (C=O) groups excluding carboxylic acids is 2. The number of aliphatic hydroxyl groups is 1. The average molecular weight is 521 g/mol. The van der Waals surface area contributed by atoms with Gasteiger partial charge < -0.3 is 21.1 Å². The third kappa shape index (κ3) is 7.56. The van der Waals surface area contributed by atoms with Crippen LogP contribution in [0, 0.1) is 11.3 Å². The third-order valence-electron chi connectivity index (χ3n) is 5.21. The molecule has 38 heavy (non-hydrogen) atoms. The van der Waals surface area contributed by atoms with Crippen LogP contribution in [-0.2, 0) is 9.59 Å². The molecule has 0 saturated carbocycles. The highest BCUT2D eigenvalue weighted by atomic mass is 19.4. The van der Waals surface area contributed by atoms with Crippen LogP contribution in [0.3, 0.4) is 0 Å². The maximum absolute atomic E-state index is 13.2. The van der Waals surface area contributed by atoms with Gasteiger partial charge in [0.05, 0.1) is 17.2 Å². The number of aliphatic hydroxyl groups excluding tert-OH is 1. The Bertz CT molecular complexity index is 1420. The first-order chi connectivity index (χ1) is 18.0. The molecule has 3 rings (SSSR count). The number of amides is 2. The SMILES string of the molecule is C=C(/C=C(\Nc1cccc(C#N)c1)C(=O)Nc1cccc(C(O)c2ccc(NC(C)=O)cc2)c1)C(F)(F)F. The second-order valence-electron chi connectivity index (χ2n) is 8.18. The molecule has 1 unspecified atom stereocenters. The van der Waals surface area contributed by atoms with Crippen LogP contribution in [0.5, 0.6) is 0 Å². The van der Waals surface area contributed by atoms with Crippen LogP contribution in [0.1, 0.15) is 29.7 Å². The van der Waals surface area contributed by atoms with Crippen molar-refractivity contribution in [2.24, 2.45) is 0 Å². The number of anilines is 3. The average Bonchev–Trinajstić information content (AvgIpc) is 2.87. The van der Waals surface area contributed by atoms with Crippen molar-refractivity contribution < 1.29 is 27.9 Å². The molecule has 3 aromatic carbocycles. The molecule has 0 fully saturated rings. The first-order valence-corrected chi connectivity index (χ1v) is 11.2. The van der Waals surface area contributed by atoms with Crippen molar-refractivity contribution in [1.82, 2.24) is 0 Å². The summed E-state index contributed by atoms with van der Waals surface area (Å²) in [4.78, 5) is 24.2. The monoisotopic (exact) mass is 520 g/mol. The molecule has 2 amide bonds. The van der Waals surface area contributed by atoms with Crippen LogP contribution >= 0.6 is 0 Å². The molecular weight excluding hydrogens is 497 g/mol. The van der Waals surface area contributed by atoms with Gasteiger partial charge in [-0.15, -0.1) is 0 Å². The number of alkyl halides is 3. The largest absolute Gasteiger partial charge is 0.415 e. The molecule has 1 atom stereocenters. The van der Waals surface area contributed by atoms with Crippen molar-refractivity contribution in [2.45, 2.75) is 19.2 Å². The van der Waals surface area contributed by atoms with E-state index in [-0.39, 0.29) is 22.8 Å². The zero-order valence-electron chi connectivity index (χ0n) is 20.1. The van der Waals surface area contributed by atoms with Crippen LogP contribution in [0.15, 0.2) is 96.7 Å². The van der Waals surface area contributed by atoms with E-state index in [0.29, 0.717) is 22.9 Å². The molecule has 3 aromatic rings. The van der Waals surface area contributed by atoms with Crippen LogP contribution in [-0.4, -0.2) is 23.1 Å². The fourth-order valence-corrected chi connectivity index (χ4v) is 3.37. The Kier molecular flexibility index (Phi) is 8.68. The first-order valence-electron chi connectivity index (χ1n) is 11.2. The van der Waals surface area contributed by atoms with Crippen molar-refractivity contribution in [3.05, 3.63) is 113 Å². The maximum Gasteiger partial charge on any atom is 0.415 e. The maximum atomic E-state index is 13.2. The number of hydrogen-bond acceptors (Lipinski definition) is 5. The van der Waals surface area contributed by atoms with Crippen LogP contribution in [0.25, 0.3) is 0 Å². The Hall–Kier alpha value is -4.88. The van der Waals surface area contributed by atoms with Crippen LogP contribution in [0.4, 0.5) is 30.2 Å². The molecule has 194 valence electrons. The van der Waals surface area contributed by atoms with Crippen molar-refractivity contribution >= 4 is 28.9 Å². The highest BCUT2D eigenvalue weighted by Gasteiger charge is 2.31. The van der Waals surface area contributed by atoms with Crippen molar-refractivity contribution in [3.63, 3.8) is 0 Å². The summed E-state index contributed by atoms with van der Waals surface area (Å²) in [5.74, 6) is -1.13. The van der Waals surface area contributed by atoms with E-state index in [9.17, 15) is 27.9 Å². The highest BCUT2D eigenvalue weighted by molar-refractivity contribution is 6.06. The molecule has 0 spiro atoms. The zero-order valence-corrected chi connectivity index (χ0v) is 20.1. The van der Waals surface area contributed by atoms with Gasteiger partial charge >= 0.3 is 6.18 Å². The minimum Gasteiger partial charge on any atom is -0.384 e. The van der Waals surface area contributed by atoms with Crippen molar-refractivity contribution in [2.75, 3.05) is 16.0 Å². The lowest BCUT2D eigenvalue weighted by Crippen LogP contribution is -2.21. The summed E-state index contributed by atoms with van der Waals surface area (Å²) < 4.78 is 39.5. The number of halogens is 3. The summed E-state index contributed by atoms with van der Waals surface area (Å²) in [5, 5.41) is 27.6. The standard InChI is InChI=1S/C28H23F3N4O3/c1-17(28(29,30)31)13-25(34-23-7-3-5-19(14-23)16-32)27(38)35-24-8-4-6-21(15-24)26(37)20-9-11-22(12-10-20)33-18(2)36/h3-15,26,34,37H,1H2,2H3,(H,33,36)(H,35,38)/b25-13-. The Morgan fingerprint density at radius 1 is 0.921 bits per heavy atom. The molecule has 0 saturated heterocycles. The van der Waals surface area contributed by atoms with E-state index in [1.165, 1.54) is 43.3 Å². The minimum absolute atomic E-state index is 0.220. The van der Waals surface area contributed by atoms with Gasteiger partial charge in [-0.3, -0.25) is 9.59 Å². The summed E-state index contributed by atoms with van der Waals surface area (Å²) in [6.45, 7) is 4.37. The van der Waals surface area contributed by atoms with Crippen molar-refractivity contribution in [1.29, 1.82) is 5.26 Å². The first kappa shape index (κ1) is 27.7. The lowest BCUT2D eigenvalue weighted by molar-refractivity contribution is -0.114. The minimum atomic E-state index is -4.76. The third-order valence-corrected chi connectivity index (χ3v) is 5.21. The summed E-state index contributed by atoms with van der Waals surface area (Å²) in [7, 11) is 0. The quantitative estimate of drug-likeness (QED) is 0.226. The molecule has 0 aliphatic carbocycles. The van der Waals surface area contributed by atoms with Gasteiger partial charge in [0.15, 0.2) is 0 Å². The lowest BCUT2D eigenvalue weighted by Gasteiger charge is -2.16. The van der Waals surface area contributed by atoms with E-state index >= 15 is 0 Å². The second-order valence-corrected chi connectivity index (χ2v) is 8.18. The fraction of sp³-hybridized carbons (Fsp3) is 0.107. The number of benzene rings is 3. The predicted molar refractivity (Wildman–Crippen MR) is 138 cm³/mol. The molecule has 0 aliphatic heterocycles. The Labute approximate surface area is 216 Å². The zero-order chi connectivity index (χ0) is 27.9. The number of nitrogens with zero attached hydrogens (tertiary/aromatic N) is 1. The van der Waals surface area contributed by atoms with E-state index in [4.69, 9.17) is 5.26 Å². The number of hydrogen-bond donors (Lipinski definition) is 4. The van der Waals surface area contributed by atoms with Gasteiger partial charge in [-0.1, -0.05) is 36.9 Å². The second kappa shape index (κ2) is 11.9. The van der Waals surface area contributed by atoms with Crippen LogP contribution in [0.2, 0.25) is 0 Å². The summed E-state index contributed by atoms with van der Waals surface area (Å²) in [6, 6.07) is 20.5. The van der Waals surface area contributed by atoms with Crippen LogP contribution < -0.4 is 16.0 Å². The fourth-order valence-electron chi connectivity index (χ4n) is 3.37. The van der Waals surface area contributed by atoms with E-state index in [1.807, 2.05) is 6.07 Å². The van der Waals surface area contributed by atoms with Gasteiger partial charge in [-0.05, 0) is 59.7 Å². The molecular formula is C28H23F3N4O3. The number of allylic oxidation sites excluding steroid dienone is 2. The molecule has 0 heterocycles. The van der Waals surface area contributed by atoms with E-state index in [0.717, 1.165) is 0 Å². The highest BCUT2D eigenvalue weighted by Crippen LogP contribution is 2.28. The number of carbonyl (C=O) groups is 2. The molecule has 0 bridgehead atoms. The normalized spacial score (nSPS) is 12.2. The van der Waals surface area contributed by atoms with E-state index in [1.54, 1.807) is 36.4 Å². The topological polar surface area (TPSA) is 114 Å². The summed E-state index contributed by atoms with van der Waals surface area (Å²) in [6.07, 6.45) is -5.27. The van der Waals surface area contributed by atoms with E-state index in [2.05, 4.69) is 22.5 Å². The van der Waals surface area contributed by atoms with Gasteiger partial charge in [-0.25, -0.2) is 0 Å². The molecule has 10 heteroatoms. The molecule has 7 nitrogen and oxygen atoms in total. The van der Waals surface area contributed by atoms with Gasteiger partial charge in [-0.2, -0.15) is 18.4 Å². The number of nitriles is 1. The predicted octanol–water partition coefficient (Wildman–Crippen LogP) is 5.65. The molecule has 0 aromatic heterocycles. The summed E-state index contributed by atoms with van der Waals surface area (Å²) >= 11 is 0. The van der Waals surface area contributed by atoms with Gasteiger partial charge in [0.2, 0.25) is 5.91 Å². The van der Waals surface area contributed by atoms with Gasteiger partial charge in [0.25, 0.3) is 5.91 Å². The molecule has 0 aliphatic rings. The van der Waals surface area contributed by atoms with Gasteiger partial charge in [0.1, 0.15) is 11.8 Å². The van der Waals surface area contributed by atoms with E-state index < -0.39 is 29.5 Å². The lowest BCUT2D eigenvalue weighted by atomic mass is 10.0. The summed E-state index contributed by atoms with van der Waals surface area (Å²) in [5.41, 5.74) is 0.474. The number of nitrogens with one attached hydrogen (secondary N) is 3.